The van der Waals surface area contributed by atoms with Gasteiger partial charge >= 0.3 is 0 Å². The number of hydrogen-bond donors (Lipinski definition) is 0. The Kier molecular flexibility index (Phi) is 6.70. The first-order chi connectivity index (χ1) is 17.9. The number of para-hydroxylation sites is 2. The maximum atomic E-state index is 13.9. The summed E-state index contributed by atoms with van der Waals surface area (Å²) in [7, 11) is 0. The number of rotatable bonds is 5. The van der Waals surface area contributed by atoms with Gasteiger partial charge in [-0.2, -0.15) is 0 Å². The minimum atomic E-state index is -0.146. The summed E-state index contributed by atoms with van der Waals surface area (Å²) in [5.41, 5.74) is 6.75. The van der Waals surface area contributed by atoms with E-state index in [-0.39, 0.29) is 23.9 Å². The maximum Gasteiger partial charge on any atom is 0.258 e. The van der Waals surface area contributed by atoms with Crippen molar-refractivity contribution in [1.29, 1.82) is 0 Å². The van der Waals surface area contributed by atoms with Gasteiger partial charge < -0.3 is 14.4 Å². The Morgan fingerprint density at radius 2 is 1.46 bits per heavy atom. The van der Waals surface area contributed by atoms with Crippen LogP contribution in [0.3, 0.4) is 0 Å². The molecule has 0 spiro atoms. The van der Waals surface area contributed by atoms with E-state index in [9.17, 15) is 9.59 Å². The first-order valence-corrected chi connectivity index (χ1v) is 13.0. The number of hydrogen-bond acceptors (Lipinski definition) is 2. The standard InChI is InChI=1S/C32H33N3O2/c1-5-31(36)35(26-11-7-6-8-12-26)30-21-24(4)34(29-14-10-9-13-28(29)30)32(37)25-17-19-27(20-18-25)33-22(2)15-16-23(33)3/h6-20,24,30H,5,21H2,1-4H3. The van der Waals surface area contributed by atoms with Crippen LogP contribution in [0.4, 0.5) is 11.4 Å². The van der Waals surface area contributed by atoms with Gasteiger partial charge in [-0.15, -0.1) is 0 Å². The fourth-order valence-corrected chi connectivity index (χ4v) is 5.56. The zero-order valence-corrected chi connectivity index (χ0v) is 21.9. The summed E-state index contributed by atoms with van der Waals surface area (Å²) in [4.78, 5) is 30.9. The molecular formula is C32H33N3O2. The summed E-state index contributed by atoms with van der Waals surface area (Å²) in [6.07, 6.45) is 1.07. The molecule has 0 fully saturated rings. The first kappa shape index (κ1) is 24.6. The largest absolute Gasteiger partial charge is 0.319 e. The summed E-state index contributed by atoms with van der Waals surface area (Å²) in [6, 6.07) is 29.6. The van der Waals surface area contributed by atoms with E-state index in [1.54, 1.807) is 0 Å². The monoisotopic (exact) mass is 491 g/mol. The highest BCUT2D eigenvalue weighted by molar-refractivity contribution is 6.07. The Morgan fingerprint density at radius 1 is 0.838 bits per heavy atom. The van der Waals surface area contributed by atoms with Gasteiger partial charge in [0.1, 0.15) is 0 Å². The minimum Gasteiger partial charge on any atom is -0.319 e. The lowest BCUT2D eigenvalue weighted by atomic mass is 9.89. The number of benzene rings is 3. The van der Waals surface area contributed by atoms with E-state index in [2.05, 4.69) is 37.5 Å². The number of aryl methyl sites for hydroxylation is 2. The van der Waals surface area contributed by atoms with Gasteiger partial charge in [0.25, 0.3) is 5.91 Å². The van der Waals surface area contributed by atoms with E-state index < -0.39 is 0 Å². The van der Waals surface area contributed by atoms with Gasteiger partial charge in [-0.3, -0.25) is 9.59 Å². The highest BCUT2D eigenvalue weighted by Crippen LogP contribution is 2.43. The molecule has 1 aromatic heterocycles. The Labute approximate surface area is 219 Å². The van der Waals surface area contributed by atoms with Crippen LogP contribution >= 0.6 is 0 Å². The predicted molar refractivity (Wildman–Crippen MR) is 150 cm³/mol. The number of nitrogens with zero attached hydrogens (tertiary/aromatic N) is 3. The fraction of sp³-hybridized carbons (Fsp3) is 0.250. The molecule has 2 atom stereocenters. The van der Waals surface area contributed by atoms with E-state index >= 15 is 0 Å². The second-order valence-electron chi connectivity index (χ2n) is 9.79. The second-order valence-corrected chi connectivity index (χ2v) is 9.79. The zero-order valence-electron chi connectivity index (χ0n) is 21.9. The van der Waals surface area contributed by atoms with Crippen LogP contribution in [-0.2, 0) is 4.79 Å². The van der Waals surface area contributed by atoms with Crippen molar-refractivity contribution in [2.75, 3.05) is 9.80 Å². The molecule has 0 N–H and O–H groups in total. The van der Waals surface area contributed by atoms with Crippen LogP contribution in [-0.4, -0.2) is 22.4 Å². The lowest BCUT2D eigenvalue weighted by Crippen LogP contribution is -2.47. The van der Waals surface area contributed by atoms with E-state index in [0.29, 0.717) is 18.4 Å². The molecule has 0 saturated carbocycles. The quantitative estimate of drug-likeness (QED) is 0.301. The third-order valence-electron chi connectivity index (χ3n) is 7.34. The first-order valence-electron chi connectivity index (χ1n) is 13.0. The van der Waals surface area contributed by atoms with Gasteiger partial charge in [-0.1, -0.05) is 43.3 Å². The summed E-state index contributed by atoms with van der Waals surface area (Å²) in [6.45, 7) is 8.13. The van der Waals surface area contributed by atoms with Gasteiger partial charge in [0.2, 0.25) is 5.91 Å². The second kappa shape index (κ2) is 10.1. The van der Waals surface area contributed by atoms with Crippen LogP contribution < -0.4 is 9.80 Å². The molecule has 1 aliphatic rings. The SMILES string of the molecule is CCC(=O)N(c1ccccc1)C1CC(C)N(C(=O)c2ccc(-n3c(C)ccc3C)cc2)c2ccccc21. The number of carbonyl (C=O) groups excluding carboxylic acids is 2. The number of fused-ring (bicyclic) bond motifs is 1. The van der Waals surface area contributed by atoms with Crippen LogP contribution in [0.5, 0.6) is 0 Å². The zero-order chi connectivity index (χ0) is 26.1. The van der Waals surface area contributed by atoms with Gasteiger partial charge in [0.05, 0.1) is 6.04 Å². The molecule has 188 valence electrons. The van der Waals surface area contributed by atoms with Crippen molar-refractivity contribution in [2.45, 2.75) is 52.6 Å². The van der Waals surface area contributed by atoms with Crippen LogP contribution in [0.2, 0.25) is 0 Å². The van der Waals surface area contributed by atoms with Crippen molar-refractivity contribution in [3.63, 3.8) is 0 Å². The van der Waals surface area contributed by atoms with Crippen LogP contribution in [0.25, 0.3) is 5.69 Å². The molecule has 1 aliphatic heterocycles. The smallest absolute Gasteiger partial charge is 0.258 e. The average molecular weight is 492 g/mol. The Morgan fingerprint density at radius 3 is 2.11 bits per heavy atom. The third kappa shape index (κ3) is 4.46. The molecule has 5 rings (SSSR count). The van der Waals surface area contributed by atoms with Crippen molar-refractivity contribution < 1.29 is 9.59 Å². The Hall–Kier alpha value is -4.12. The summed E-state index contributed by atoms with van der Waals surface area (Å²) in [5, 5.41) is 0. The molecule has 2 heterocycles. The minimum absolute atomic E-state index is 0.0287. The van der Waals surface area contributed by atoms with E-state index in [4.69, 9.17) is 0 Å². The van der Waals surface area contributed by atoms with E-state index in [0.717, 1.165) is 34.0 Å². The van der Waals surface area contributed by atoms with E-state index in [1.807, 2.05) is 95.6 Å². The predicted octanol–water partition coefficient (Wildman–Crippen LogP) is 7.02. The third-order valence-corrected chi connectivity index (χ3v) is 7.34. The van der Waals surface area contributed by atoms with Crippen molar-refractivity contribution in [3.8, 4) is 5.69 Å². The summed E-state index contributed by atoms with van der Waals surface area (Å²) >= 11 is 0. The molecule has 2 amide bonds. The normalized spacial score (nSPS) is 16.8. The number of anilines is 2. The average Bonchev–Trinajstić information content (AvgIpc) is 3.26. The highest BCUT2D eigenvalue weighted by atomic mass is 16.2. The van der Waals surface area contributed by atoms with Crippen molar-refractivity contribution in [2.24, 2.45) is 0 Å². The fourth-order valence-electron chi connectivity index (χ4n) is 5.56. The Bertz CT molecular complexity index is 1400. The van der Waals surface area contributed by atoms with Crippen LogP contribution in [0.1, 0.15) is 60.0 Å². The van der Waals surface area contributed by atoms with Crippen molar-refractivity contribution in [1.82, 2.24) is 4.57 Å². The van der Waals surface area contributed by atoms with Crippen LogP contribution in [0.15, 0.2) is 91.0 Å². The van der Waals surface area contributed by atoms with Gasteiger partial charge in [0, 0.05) is 46.5 Å². The van der Waals surface area contributed by atoms with E-state index in [1.165, 1.54) is 0 Å². The molecule has 4 aromatic rings. The van der Waals surface area contributed by atoms with Gasteiger partial charge in [-0.25, -0.2) is 0 Å². The topological polar surface area (TPSA) is 45.6 Å². The molecule has 0 aliphatic carbocycles. The molecule has 0 radical (unpaired) electrons. The molecule has 3 aromatic carbocycles. The maximum absolute atomic E-state index is 13.9. The number of carbonyl (C=O) groups is 2. The van der Waals surface area contributed by atoms with Crippen molar-refractivity contribution in [3.05, 3.63) is 114 Å². The number of aromatic nitrogens is 1. The Balaban J connectivity index is 1.51. The summed E-state index contributed by atoms with van der Waals surface area (Å²) < 4.78 is 2.18. The van der Waals surface area contributed by atoms with Gasteiger partial charge in [-0.05, 0) is 87.4 Å². The molecule has 0 bridgehead atoms. The number of amides is 2. The summed E-state index contributed by atoms with van der Waals surface area (Å²) in [5.74, 6) is 0.0446. The highest BCUT2D eigenvalue weighted by Gasteiger charge is 2.38. The molecule has 5 heteroatoms. The van der Waals surface area contributed by atoms with Gasteiger partial charge in [0.15, 0.2) is 0 Å². The molecule has 37 heavy (non-hydrogen) atoms. The van der Waals surface area contributed by atoms with Crippen molar-refractivity contribution >= 4 is 23.2 Å². The van der Waals surface area contributed by atoms with Crippen LogP contribution in [0, 0.1) is 13.8 Å². The molecule has 5 nitrogen and oxygen atoms in total. The molecule has 2 unspecified atom stereocenters. The molecular weight excluding hydrogens is 458 g/mol. The molecule has 0 saturated heterocycles. The lowest BCUT2D eigenvalue weighted by Gasteiger charge is -2.43. The lowest BCUT2D eigenvalue weighted by molar-refractivity contribution is -0.118.